The second-order valence-electron chi connectivity index (χ2n) is 3.68. The molecule has 0 aliphatic heterocycles. The standard InChI is InChI=1S/C11H12F2N2O4/c12-11(13)6-14(3-4-16)9-1-2-10(15(18)19)8(5-9)7-17/h1-2,5,7,11,16H,3-4,6H2. The van der Waals surface area contributed by atoms with Gasteiger partial charge in [0.15, 0.2) is 6.29 Å². The van der Waals surface area contributed by atoms with E-state index in [0.29, 0.717) is 6.29 Å². The molecular weight excluding hydrogens is 262 g/mol. The highest BCUT2D eigenvalue weighted by atomic mass is 19.3. The number of aliphatic hydroxyl groups is 1. The predicted molar refractivity (Wildman–Crippen MR) is 63.8 cm³/mol. The highest BCUT2D eigenvalue weighted by Crippen LogP contribution is 2.24. The van der Waals surface area contributed by atoms with Gasteiger partial charge in [0, 0.05) is 18.3 Å². The van der Waals surface area contributed by atoms with Crippen molar-refractivity contribution in [1.82, 2.24) is 0 Å². The Labute approximate surface area is 107 Å². The minimum absolute atomic E-state index is 0.0551. The van der Waals surface area contributed by atoms with E-state index in [1.54, 1.807) is 0 Å². The molecule has 1 aromatic rings. The smallest absolute Gasteiger partial charge is 0.280 e. The quantitative estimate of drug-likeness (QED) is 0.462. The van der Waals surface area contributed by atoms with Crippen LogP contribution in [0.5, 0.6) is 0 Å². The summed E-state index contributed by atoms with van der Waals surface area (Å²) in [6.07, 6.45) is -2.33. The van der Waals surface area contributed by atoms with Gasteiger partial charge in [0.05, 0.1) is 23.6 Å². The van der Waals surface area contributed by atoms with Gasteiger partial charge in [-0.1, -0.05) is 0 Å². The molecule has 0 amide bonds. The molecule has 0 radical (unpaired) electrons. The zero-order chi connectivity index (χ0) is 14.4. The number of nitrogens with zero attached hydrogens (tertiary/aromatic N) is 2. The Morgan fingerprint density at radius 3 is 2.63 bits per heavy atom. The normalized spacial score (nSPS) is 10.5. The molecular formula is C11H12F2N2O4. The molecule has 0 saturated carbocycles. The van der Waals surface area contributed by atoms with Gasteiger partial charge in [0.1, 0.15) is 0 Å². The van der Waals surface area contributed by atoms with Crippen molar-refractivity contribution >= 4 is 17.7 Å². The second-order valence-corrected chi connectivity index (χ2v) is 3.68. The SMILES string of the molecule is O=Cc1cc(N(CCO)CC(F)F)ccc1[N+](=O)[O-]. The van der Waals surface area contributed by atoms with Crippen LogP contribution >= 0.6 is 0 Å². The number of aldehydes is 1. The van der Waals surface area contributed by atoms with Gasteiger partial charge < -0.3 is 10.0 Å². The molecule has 1 N–H and O–H groups in total. The van der Waals surface area contributed by atoms with Crippen LogP contribution in [0.25, 0.3) is 0 Å². The topological polar surface area (TPSA) is 83.7 Å². The average Bonchev–Trinajstić information content (AvgIpc) is 2.36. The Balaban J connectivity index is 3.10. The number of hydrogen-bond acceptors (Lipinski definition) is 5. The number of carbonyl (C=O) groups excluding carboxylic acids is 1. The van der Waals surface area contributed by atoms with Crippen molar-refractivity contribution in [2.45, 2.75) is 6.43 Å². The number of rotatable bonds is 7. The molecule has 0 heterocycles. The maximum atomic E-state index is 12.4. The van der Waals surface area contributed by atoms with E-state index in [2.05, 4.69) is 0 Å². The Morgan fingerprint density at radius 1 is 1.47 bits per heavy atom. The lowest BCUT2D eigenvalue weighted by atomic mass is 10.1. The van der Waals surface area contributed by atoms with Crippen molar-refractivity contribution < 1.29 is 23.6 Å². The van der Waals surface area contributed by atoms with E-state index < -0.39 is 17.9 Å². The third kappa shape index (κ3) is 3.95. The van der Waals surface area contributed by atoms with Gasteiger partial charge in [0.25, 0.3) is 12.1 Å². The zero-order valence-corrected chi connectivity index (χ0v) is 9.83. The number of benzene rings is 1. The summed E-state index contributed by atoms with van der Waals surface area (Å²) in [5, 5.41) is 19.5. The molecule has 104 valence electrons. The first-order valence-corrected chi connectivity index (χ1v) is 5.37. The van der Waals surface area contributed by atoms with Gasteiger partial charge in [-0.15, -0.1) is 0 Å². The van der Waals surface area contributed by atoms with Crippen molar-refractivity contribution in [3.63, 3.8) is 0 Å². The lowest BCUT2D eigenvalue weighted by Crippen LogP contribution is -2.31. The summed E-state index contributed by atoms with van der Waals surface area (Å²) in [6, 6.07) is 3.50. The van der Waals surface area contributed by atoms with Crippen molar-refractivity contribution in [2.24, 2.45) is 0 Å². The lowest BCUT2D eigenvalue weighted by Gasteiger charge is -2.23. The van der Waals surface area contributed by atoms with Crippen molar-refractivity contribution in [1.29, 1.82) is 0 Å². The maximum absolute atomic E-state index is 12.4. The third-order valence-corrected chi connectivity index (χ3v) is 2.43. The third-order valence-electron chi connectivity index (χ3n) is 2.43. The van der Waals surface area contributed by atoms with Crippen LogP contribution in [0.2, 0.25) is 0 Å². The Morgan fingerprint density at radius 2 is 2.16 bits per heavy atom. The number of alkyl halides is 2. The molecule has 0 bridgehead atoms. The molecule has 0 spiro atoms. The molecule has 0 atom stereocenters. The van der Waals surface area contributed by atoms with Gasteiger partial charge in [-0.2, -0.15) is 0 Å². The molecule has 8 heteroatoms. The summed E-state index contributed by atoms with van der Waals surface area (Å²) in [6.45, 7) is -1.03. The molecule has 0 aromatic heterocycles. The number of anilines is 1. The summed E-state index contributed by atoms with van der Waals surface area (Å²) in [7, 11) is 0. The second kappa shape index (κ2) is 6.74. The van der Waals surface area contributed by atoms with E-state index in [4.69, 9.17) is 5.11 Å². The molecule has 1 aromatic carbocycles. The Bertz CT molecular complexity index is 468. The Hall–Kier alpha value is -2.09. The molecule has 0 unspecified atom stereocenters. The molecule has 0 aliphatic rings. The van der Waals surface area contributed by atoms with Crippen molar-refractivity contribution in [2.75, 3.05) is 24.6 Å². The maximum Gasteiger partial charge on any atom is 0.280 e. The van der Waals surface area contributed by atoms with Crippen LogP contribution in [0.3, 0.4) is 0 Å². The van der Waals surface area contributed by atoms with Crippen LogP contribution in [-0.2, 0) is 0 Å². The summed E-state index contributed by atoms with van der Waals surface area (Å²) in [5.41, 5.74) is -0.360. The largest absolute Gasteiger partial charge is 0.395 e. The summed E-state index contributed by atoms with van der Waals surface area (Å²) in [5.74, 6) is 0. The van der Waals surface area contributed by atoms with Crippen LogP contribution in [0.4, 0.5) is 20.2 Å². The number of halogens is 2. The lowest BCUT2D eigenvalue weighted by molar-refractivity contribution is -0.385. The molecule has 0 saturated heterocycles. The predicted octanol–water partition coefficient (Wildman–Crippen LogP) is 1.47. The summed E-state index contributed by atoms with van der Waals surface area (Å²) in [4.78, 5) is 21.8. The first-order chi connectivity index (χ1) is 8.99. The first-order valence-electron chi connectivity index (χ1n) is 5.37. The fraction of sp³-hybridized carbons (Fsp3) is 0.364. The minimum atomic E-state index is -2.62. The van der Waals surface area contributed by atoms with E-state index in [1.807, 2.05) is 0 Å². The average molecular weight is 274 g/mol. The summed E-state index contributed by atoms with van der Waals surface area (Å²) >= 11 is 0. The fourth-order valence-corrected chi connectivity index (χ4v) is 1.61. The number of nitro benzene ring substituents is 1. The van der Waals surface area contributed by atoms with Crippen molar-refractivity contribution in [3.8, 4) is 0 Å². The van der Waals surface area contributed by atoms with E-state index in [1.165, 1.54) is 6.07 Å². The van der Waals surface area contributed by atoms with Gasteiger partial charge in [-0.25, -0.2) is 8.78 Å². The van der Waals surface area contributed by atoms with Gasteiger partial charge >= 0.3 is 0 Å². The summed E-state index contributed by atoms with van der Waals surface area (Å²) < 4.78 is 24.8. The first kappa shape index (κ1) is 15.0. The van der Waals surface area contributed by atoms with Gasteiger partial charge in [0.2, 0.25) is 0 Å². The molecule has 0 fully saturated rings. The molecule has 1 rings (SSSR count). The van der Waals surface area contributed by atoms with Crippen molar-refractivity contribution in [3.05, 3.63) is 33.9 Å². The van der Waals surface area contributed by atoms with E-state index >= 15 is 0 Å². The fourth-order valence-electron chi connectivity index (χ4n) is 1.61. The highest BCUT2D eigenvalue weighted by molar-refractivity contribution is 5.83. The monoisotopic (exact) mass is 274 g/mol. The number of carbonyl (C=O) groups is 1. The Kier molecular flexibility index (Phi) is 5.31. The van der Waals surface area contributed by atoms with Crippen LogP contribution in [0.15, 0.2) is 18.2 Å². The molecule has 6 nitrogen and oxygen atoms in total. The zero-order valence-electron chi connectivity index (χ0n) is 9.83. The van der Waals surface area contributed by atoms with E-state index in [9.17, 15) is 23.7 Å². The van der Waals surface area contributed by atoms with Gasteiger partial charge in [-0.3, -0.25) is 14.9 Å². The van der Waals surface area contributed by atoms with Crippen LogP contribution in [0, 0.1) is 10.1 Å². The number of hydrogen-bond donors (Lipinski definition) is 1. The van der Waals surface area contributed by atoms with E-state index in [0.717, 1.165) is 17.0 Å². The number of nitro groups is 1. The number of aliphatic hydroxyl groups excluding tert-OH is 1. The van der Waals surface area contributed by atoms with Gasteiger partial charge in [-0.05, 0) is 12.1 Å². The van der Waals surface area contributed by atoms with E-state index in [-0.39, 0.29) is 30.1 Å². The van der Waals surface area contributed by atoms with Crippen LogP contribution < -0.4 is 4.90 Å². The minimum Gasteiger partial charge on any atom is -0.395 e. The highest BCUT2D eigenvalue weighted by Gasteiger charge is 2.18. The molecule has 0 aliphatic carbocycles. The molecule has 19 heavy (non-hydrogen) atoms. The van der Waals surface area contributed by atoms with Crippen LogP contribution in [0.1, 0.15) is 10.4 Å². The van der Waals surface area contributed by atoms with Crippen LogP contribution in [-0.4, -0.2) is 42.4 Å².